The van der Waals surface area contributed by atoms with Gasteiger partial charge in [-0.15, -0.1) is 0 Å². The Morgan fingerprint density at radius 3 is 2.93 bits per heavy atom. The summed E-state index contributed by atoms with van der Waals surface area (Å²) in [5.41, 5.74) is 1.24. The minimum atomic E-state index is -0.695. The number of hydrogen-bond acceptors (Lipinski definition) is 3. The second kappa shape index (κ2) is 5.41. The average molecular weight is 215 g/mol. The van der Waals surface area contributed by atoms with Crippen LogP contribution < -0.4 is 0 Å². The molecule has 0 amide bonds. The third-order valence-electron chi connectivity index (χ3n) is 2.26. The first kappa shape index (κ1) is 11.6. The zero-order chi connectivity index (χ0) is 10.6. The van der Waals surface area contributed by atoms with E-state index in [-0.39, 0.29) is 6.04 Å². The van der Waals surface area contributed by atoms with Gasteiger partial charge in [0.05, 0.1) is 0 Å². The summed E-state index contributed by atoms with van der Waals surface area (Å²) in [7, 11) is 0. The molecule has 1 unspecified atom stereocenters. The molecule has 3 nitrogen and oxygen atoms in total. The molecule has 1 fully saturated rings. The number of rotatable bonds is 3. The van der Waals surface area contributed by atoms with Crippen LogP contribution in [-0.4, -0.2) is 46.6 Å². The van der Waals surface area contributed by atoms with Crippen molar-refractivity contribution in [3.63, 3.8) is 0 Å². The highest BCUT2D eigenvalue weighted by Gasteiger charge is 2.27. The van der Waals surface area contributed by atoms with Gasteiger partial charge in [-0.2, -0.15) is 11.8 Å². The van der Waals surface area contributed by atoms with E-state index in [0.29, 0.717) is 5.75 Å². The summed E-state index contributed by atoms with van der Waals surface area (Å²) in [6.07, 6.45) is 2.09. The molecule has 1 aliphatic heterocycles. The molecule has 1 saturated heterocycles. The molecule has 0 saturated carbocycles. The van der Waals surface area contributed by atoms with Crippen molar-refractivity contribution in [3.05, 3.63) is 11.6 Å². The van der Waals surface area contributed by atoms with Crippen molar-refractivity contribution >= 4 is 17.7 Å². The Bertz CT molecular complexity index is 236. The lowest BCUT2D eigenvalue weighted by Gasteiger charge is -2.31. The second-order valence-corrected chi connectivity index (χ2v) is 4.86. The van der Waals surface area contributed by atoms with Crippen molar-refractivity contribution in [2.45, 2.75) is 19.9 Å². The van der Waals surface area contributed by atoms with Gasteiger partial charge < -0.3 is 5.11 Å². The first-order valence-electron chi connectivity index (χ1n) is 4.79. The standard InChI is InChI=1S/C10H17NO2S/c1-8(2)3-4-11-5-6-14-7-9(11)10(12)13/h3,9H,4-7H2,1-2H3,(H,12,13). The van der Waals surface area contributed by atoms with Gasteiger partial charge in [0.15, 0.2) is 0 Å². The maximum absolute atomic E-state index is 10.9. The first-order valence-corrected chi connectivity index (χ1v) is 5.94. The van der Waals surface area contributed by atoms with Gasteiger partial charge in [-0.25, -0.2) is 0 Å². The van der Waals surface area contributed by atoms with Crippen molar-refractivity contribution in [1.29, 1.82) is 0 Å². The molecular formula is C10H17NO2S. The van der Waals surface area contributed by atoms with Crippen LogP contribution in [0.25, 0.3) is 0 Å². The van der Waals surface area contributed by atoms with Crippen LogP contribution >= 0.6 is 11.8 Å². The maximum atomic E-state index is 10.9. The van der Waals surface area contributed by atoms with Crippen molar-refractivity contribution in [2.24, 2.45) is 0 Å². The van der Waals surface area contributed by atoms with E-state index in [9.17, 15) is 4.79 Å². The van der Waals surface area contributed by atoms with Crippen molar-refractivity contribution in [1.82, 2.24) is 4.90 Å². The molecule has 14 heavy (non-hydrogen) atoms. The Balaban J connectivity index is 2.54. The van der Waals surface area contributed by atoms with Crippen LogP contribution in [0.2, 0.25) is 0 Å². The predicted molar refractivity (Wildman–Crippen MR) is 59.8 cm³/mol. The minimum Gasteiger partial charge on any atom is -0.480 e. The highest BCUT2D eigenvalue weighted by Crippen LogP contribution is 2.16. The van der Waals surface area contributed by atoms with E-state index in [0.717, 1.165) is 18.8 Å². The lowest BCUT2D eigenvalue weighted by molar-refractivity contribution is -0.142. The third-order valence-corrected chi connectivity index (χ3v) is 3.28. The van der Waals surface area contributed by atoms with Gasteiger partial charge in [0, 0.05) is 24.6 Å². The molecule has 0 aromatic rings. The summed E-state index contributed by atoms with van der Waals surface area (Å²) in [5.74, 6) is 1.06. The molecular weight excluding hydrogens is 198 g/mol. The van der Waals surface area contributed by atoms with Crippen molar-refractivity contribution < 1.29 is 9.90 Å². The highest BCUT2D eigenvalue weighted by molar-refractivity contribution is 7.99. The van der Waals surface area contributed by atoms with E-state index in [4.69, 9.17) is 5.11 Å². The van der Waals surface area contributed by atoms with Crippen molar-refractivity contribution in [2.75, 3.05) is 24.6 Å². The molecule has 1 heterocycles. The zero-order valence-electron chi connectivity index (χ0n) is 8.69. The van der Waals surface area contributed by atoms with Gasteiger partial charge in [-0.3, -0.25) is 9.69 Å². The SMILES string of the molecule is CC(C)=CCN1CCSCC1C(=O)O. The molecule has 1 atom stereocenters. The number of carbonyl (C=O) groups is 1. The largest absolute Gasteiger partial charge is 0.480 e. The molecule has 1 N–H and O–H groups in total. The van der Waals surface area contributed by atoms with E-state index in [1.807, 2.05) is 18.7 Å². The van der Waals surface area contributed by atoms with E-state index >= 15 is 0 Å². The average Bonchev–Trinajstić information content (AvgIpc) is 2.15. The molecule has 0 aromatic carbocycles. The van der Waals surface area contributed by atoms with Crippen LogP contribution in [0.1, 0.15) is 13.8 Å². The monoisotopic (exact) mass is 215 g/mol. The number of thioether (sulfide) groups is 1. The third kappa shape index (κ3) is 3.35. The van der Waals surface area contributed by atoms with Gasteiger partial charge >= 0.3 is 5.97 Å². The number of nitrogens with zero attached hydrogens (tertiary/aromatic N) is 1. The highest BCUT2D eigenvalue weighted by atomic mass is 32.2. The van der Waals surface area contributed by atoms with E-state index in [1.54, 1.807) is 11.8 Å². The van der Waals surface area contributed by atoms with Crippen LogP contribution in [0.3, 0.4) is 0 Å². The molecule has 80 valence electrons. The Morgan fingerprint density at radius 1 is 1.64 bits per heavy atom. The number of allylic oxidation sites excluding steroid dienone is 1. The topological polar surface area (TPSA) is 40.5 Å². The normalized spacial score (nSPS) is 23.1. The fraction of sp³-hybridized carbons (Fsp3) is 0.700. The summed E-state index contributed by atoms with van der Waals surface area (Å²) >= 11 is 1.73. The van der Waals surface area contributed by atoms with Gasteiger partial charge in [-0.05, 0) is 13.8 Å². The number of hydrogen-bond donors (Lipinski definition) is 1. The van der Waals surface area contributed by atoms with E-state index in [2.05, 4.69) is 6.08 Å². The second-order valence-electron chi connectivity index (χ2n) is 3.71. The molecule has 0 spiro atoms. The molecule has 1 rings (SSSR count). The van der Waals surface area contributed by atoms with Gasteiger partial charge in [0.1, 0.15) is 6.04 Å². The quantitative estimate of drug-likeness (QED) is 0.724. The Labute approximate surface area is 89.2 Å². The molecule has 0 radical (unpaired) electrons. The zero-order valence-corrected chi connectivity index (χ0v) is 9.51. The van der Waals surface area contributed by atoms with Gasteiger partial charge in [0.2, 0.25) is 0 Å². The Kier molecular flexibility index (Phi) is 4.48. The smallest absolute Gasteiger partial charge is 0.321 e. The first-order chi connectivity index (χ1) is 6.61. The Morgan fingerprint density at radius 2 is 2.36 bits per heavy atom. The molecule has 0 aromatic heterocycles. The maximum Gasteiger partial charge on any atom is 0.321 e. The summed E-state index contributed by atoms with van der Waals surface area (Å²) in [4.78, 5) is 13.0. The van der Waals surface area contributed by atoms with E-state index in [1.165, 1.54) is 5.57 Å². The van der Waals surface area contributed by atoms with Crippen LogP contribution in [0.15, 0.2) is 11.6 Å². The fourth-order valence-corrected chi connectivity index (χ4v) is 2.49. The molecule has 1 aliphatic rings. The summed E-state index contributed by atoms with van der Waals surface area (Å²) in [6.45, 7) is 5.72. The Hall–Kier alpha value is -0.480. The number of carboxylic acid groups (broad SMARTS) is 1. The van der Waals surface area contributed by atoms with Crippen LogP contribution in [0.4, 0.5) is 0 Å². The lowest BCUT2D eigenvalue weighted by Crippen LogP contribution is -2.47. The van der Waals surface area contributed by atoms with Gasteiger partial charge in [0.25, 0.3) is 0 Å². The van der Waals surface area contributed by atoms with E-state index < -0.39 is 5.97 Å². The minimum absolute atomic E-state index is 0.302. The number of aliphatic carboxylic acids is 1. The fourth-order valence-electron chi connectivity index (χ4n) is 1.38. The molecule has 4 heteroatoms. The predicted octanol–water partition coefficient (Wildman–Crippen LogP) is 1.45. The van der Waals surface area contributed by atoms with Crippen LogP contribution in [0.5, 0.6) is 0 Å². The summed E-state index contributed by atoms with van der Waals surface area (Å²) in [6, 6.07) is -0.302. The van der Waals surface area contributed by atoms with Crippen LogP contribution in [0, 0.1) is 0 Å². The molecule has 0 bridgehead atoms. The van der Waals surface area contributed by atoms with Crippen molar-refractivity contribution in [3.8, 4) is 0 Å². The van der Waals surface area contributed by atoms with Crippen LogP contribution in [-0.2, 0) is 4.79 Å². The number of carboxylic acids is 1. The summed E-state index contributed by atoms with van der Waals surface area (Å²) in [5, 5.41) is 9.00. The lowest BCUT2D eigenvalue weighted by atomic mass is 10.2. The van der Waals surface area contributed by atoms with Gasteiger partial charge in [-0.1, -0.05) is 11.6 Å². The summed E-state index contributed by atoms with van der Waals surface area (Å²) < 4.78 is 0. The molecule has 0 aliphatic carbocycles.